The molecule has 6 heteroatoms. The molecule has 0 bridgehead atoms. The zero-order valence-electron chi connectivity index (χ0n) is 14.7. The molecule has 0 saturated heterocycles. The van der Waals surface area contributed by atoms with Gasteiger partial charge in [-0.1, -0.05) is 18.2 Å². The summed E-state index contributed by atoms with van der Waals surface area (Å²) in [5.41, 5.74) is 1.74. The van der Waals surface area contributed by atoms with Gasteiger partial charge in [0.05, 0.1) is 0 Å². The third-order valence-corrected chi connectivity index (χ3v) is 4.44. The zero-order chi connectivity index (χ0) is 19.2. The van der Waals surface area contributed by atoms with E-state index in [0.717, 1.165) is 4.47 Å². The van der Waals surface area contributed by atoms with Crippen LogP contribution in [0.4, 0.5) is 11.5 Å². The second-order valence-corrected chi connectivity index (χ2v) is 6.70. The first-order valence-corrected chi connectivity index (χ1v) is 9.27. The second kappa shape index (κ2) is 8.60. The fraction of sp³-hybridized carbons (Fsp3) is 0.0952. The quantitative estimate of drug-likeness (QED) is 0.642. The molecule has 2 amide bonds. The minimum atomic E-state index is -0.191. The Morgan fingerprint density at radius 3 is 2.26 bits per heavy atom. The number of aromatic nitrogens is 1. The van der Waals surface area contributed by atoms with E-state index in [0.29, 0.717) is 29.2 Å². The Kier molecular flexibility index (Phi) is 5.98. The van der Waals surface area contributed by atoms with Crippen molar-refractivity contribution in [2.24, 2.45) is 0 Å². The van der Waals surface area contributed by atoms with Gasteiger partial charge >= 0.3 is 0 Å². The average molecular weight is 424 g/mol. The number of hydrogen-bond acceptors (Lipinski definition) is 3. The van der Waals surface area contributed by atoms with Gasteiger partial charge in [-0.3, -0.25) is 14.5 Å². The van der Waals surface area contributed by atoms with Crippen LogP contribution < -0.4 is 10.2 Å². The maximum absolute atomic E-state index is 12.8. The van der Waals surface area contributed by atoms with E-state index in [1.165, 1.54) is 0 Å². The molecule has 27 heavy (non-hydrogen) atoms. The molecule has 0 spiro atoms. The van der Waals surface area contributed by atoms with Crippen molar-refractivity contribution in [2.75, 3.05) is 16.8 Å². The largest absolute Gasteiger partial charge is 0.322 e. The summed E-state index contributed by atoms with van der Waals surface area (Å²) in [6.07, 6.45) is 1.66. The maximum atomic E-state index is 12.8. The zero-order valence-corrected chi connectivity index (χ0v) is 16.3. The highest BCUT2D eigenvalue weighted by Gasteiger charge is 2.17. The fourth-order valence-corrected chi connectivity index (χ4v) is 2.82. The van der Waals surface area contributed by atoms with Crippen LogP contribution in [0.1, 0.15) is 27.6 Å². The van der Waals surface area contributed by atoms with Gasteiger partial charge in [-0.2, -0.15) is 0 Å². The summed E-state index contributed by atoms with van der Waals surface area (Å²) >= 11 is 3.34. The fourth-order valence-electron chi connectivity index (χ4n) is 2.58. The van der Waals surface area contributed by atoms with Crippen molar-refractivity contribution in [3.05, 3.63) is 88.5 Å². The standard InChI is InChI=1S/C21H18BrN3O2/c1-2-25(19-13-10-17(22)14-23-19)21(27)16-8-11-18(12-9-16)24-20(26)15-6-4-3-5-7-15/h3-14H,2H2,1H3,(H,24,26). The van der Waals surface area contributed by atoms with E-state index in [-0.39, 0.29) is 11.8 Å². The minimum absolute atomic E-state index is 0.145. The van der Waals surface area contributed by atoms with Crippen LogP contribution in [0.5, 0.6) is 0 Å². The highest BCUT2D eigenvalue weighted by molar-refractivity contribution is 9.10. The normalized spacial score (nSPS) is 10.3. The molecule has 2 aromatic carbocycles. The van der Waals surface area contributed by atoms with Crippen molar-refractivity contribution in [1.82, 2.24) is 4.98 Å². The Morgan fingerprint density at radius 1 is 0.963 bits per heavy atom. The van der Waals surface area contributed by atoms with Crippen LogP contribution in [0.3, 0.4) is 0 Å². The summed E-state index contributed by atoms with van der Waals surface area (Å²) < 4.78 is 0.855. The summed E-state index contributed by atoms with van der Waals surface area (Å²) in [7, 11) is 0. The van der Waals surface area contributed by atoms with Gasteiger partial charge in [0, 0.05) is 34.0 Å². The van der Waals surface area contributed by atoms with Gasteiger partial charge in [0.2, 0.25) is 0 Å². The number of nitrogens with one attached hydrogen (secondary N) is 1. The number of carbonyl (C=O) groups is 2. The van der Waals surface area contributed by atoms with E-state index in [4.69, 9.17) is 0 Å². The number of halogens is 1. The number of rotatable bonds is 5. The molecule has 0 unspecified atom stereocenters. The number of carbonyl (C=O) groups excluding carboxylic acids is 2. The number of nitrogens with zero attached hydrogens (tertiary/aromatic N) is 2. The molecular weight excluding hydrogens is 406 g/mol. The van der Waals surface area contributed by atoms with Crippen molar-refractivity contribution in [3.63, 3.8) is 0 Å². The molecule has 3 aromatic rings. The number of pyridine rings is 1. The van der Waals surface area contributed by atoms with Gasteiger partial charge in [-0.25, -0.2) is 4.98 Å². The SMILES string of the molecule is CCN(C(=O)c1ccc(NC(=O)c2ccccc2)cc1)c1ccc(Br)cn1. The molecule has 0 aliphatic rings. The molecule has 136 valence electrons. The summed E-state index contributed by atoms with van der Waals surface area (Å²) in [5, 5.41) is 2.82. The molecular formula is C21H18BrN3O2. The Bertz CT molecular complexity index is 926. The van der Waals surface area contributed by atoms with Crippen molar-refractivity contribution >= 4 is 39.2 Å². The predicted octanol–water partition coefficient (Wildman–Crippen LogP) is 4.76. The lowest BCUT2D eigenvalue weighted by atomic mass is 10.1. The summed E-state index contributed by atoms with van der Waals surface area (Å²) in [6.45, 7) is 2.40. The third-order valence-electron chi connectivity index (χ3n) is 3.98. The average Bonchev–Trinajstić information content (AvgIpc) is 2.71. The molecule has 0 atom stereocenters. The van der Waals surface area contributed by atoms with Crippen LogP contribution in [0, 0.1) is 0 Å². The number of hydrogen-bond donors (Lipinski definition) is 1. The van der Waals surface area contributed by atoms with Crippen LogP contribution in [0.2, 0.25) is 0 Å². The van der Waals surface area contributed by atoms with Crippen LogP contribution >= 0.6 is 15.9 Å². The van der Waals surface area contributed by atoms with Crippen molar-refractivity contribution in [1.29, 1.82) is 0 Å². The van der Waals surface area contributed by atoms with E-state index >= 15 is 0 Å². The van der Waals surface area contributed by atoms with Gasteiger partial charge in [-0.05, 0) is 71.4 Å². The molecule has 0 saturated carbocycles. The Labute approximate surface area is 166 Å². The molecule has 5 nitrogen and oxygen atoms in total. The second-order valence-electron chi connectivity index (χ2n) is 5.78. The van der Waals surface area contributed by atoms with Crippen LogP contribution in [-0.2, 0) is 0 Å². The molecule has 3 rings (SSSR count). The van der Waals surface area contributed by atoms with Crippen molar-refractivity contribution < 1.29 is 9.59 Å². The molecule has 0 aliphatic carbocycles. The molecule has 1 aromatic heterocycles. The highest BCUT2D eigenvalue weighted by atomic mass is 79.9. The van der Waals surface area contributed by atoms with Gasteiger partial charge in [0.1, 0.15) is 5.82 Å². The molecule has 1 heterocycles. The lowest BCUT2D eigenvalue weighted by molar-refractivity contribution is 0.0986. The van der Waals surface area contributed by atoms with Crippen LogP contribution in [-0.4, -0.2) is 23.3 Å². The summed E-state index contributed by atoms with van der Waals surface area (Å²) in [4.78, 5) is 30.9. The third kappa shape index (κ3) is 4.60. The number of amides is 2. The smallest absolute Gasteiger partial charge is 0.259 e. The lowest BCUT2D eigenvalue weighted by Gasteiger charge is -2.20. The molecule has 0 radical (unpaired) electrons. The summed E-state index contributed by atoms with van der Waals surface area (Å²) in [5.74, 6) is 0.254. The van der Waals surface area contributed by atoms with E-state index in [9.17, 15) is 9.59 Å². The van der Waals surface area contributed by atoms with Crippen LogP contribution in [0.15, 0.2) is 77.4 Å². The summed E-state index contributed by atoms with van der Waals surface area (Å²) in [6, 6.07) is 19.5. The minimum Gasteiger partial charge on any atom is -0.322 e. The molecule has 0 aliphatic heterocycles. The topological polar surface area (TPSA) is 62.3 Å². The monoisotopic (exact) mass is 423 g/mol. The van der Waals surface area contributed by atoms with E-state index in [1.54, 1.807) is 53.6 Å². The first kappa shape index (κ1) is 18.8. The van der Waals surface area contributed by atoms with Gasteiger partial charge in [0.25, 0.3) is 11.8 Å². The number of anilines is 2. The van der Waals surface area contributed by atoms with E-state index in [2.05, 4.69) is 26.2 Å². The maximum Gasteiger partial charge on any atom is 0.259 e. The first-order chi connectivity index (χ1) is 13.1. The Hall–Kier alpha value is -2.99. The Balaban J connectivity index is 1.73. The lowest BCUT2D eigenvalue weighted by Crippen LogP contribution is -2.31. The van der Waals surface area contributed by atoms with Gasteiger partial charge < -0.3 is 5.32 Å². The number of benzene rings is 2. The predicted molar refractivity (Wildman–Crippen MR) is 110 cm³/mol. The molecule has 1 N–H and O–H groups in total. The van der Waals surface area contributed by atoms with Gasteiger partial charge in [0.15, 0.2) is 0 Å². The van der Waals surface area contributed by atoms with Crippen molar-refractivity contribution in [3.8, 4) is 0 Å². The van der Waals surface area contributed by atoms with Crippen molar-refractivity contribution in [2.45, 2.75) is 6.92 Å². The van der Waals surface area contributed by atoms with Gasteiger partial charge in [-0.15, -0.1) is 0 Å². The Morgan fingerprint density at radius 2 is 1.67 bits per heavy atom. The van der Waals surface area contributed by atoms with E-state index < -0.39 is 0 Å². The molecule has 0 fully saturated rings. The van der Waals surface area contributed by atoms with E-state index in [1.807, 2.05) is 31.2 Å². The first-order valence-electron chi connectivity index (χ1n) is 8.48. The highest BCUT2D eigenvalue weighted by Crippen LogP contribution is 2.19. The van der Waals surface area contributed by atoms with Crippen LogP contribution in [0.25, 0.3) is 0 Å².